The third kappa shape index (κ3) is 2.47. The molecule has 1 amide bonds. The Morgan fingerprint density at radius 1 is 1.67 bits per heavy atom. The molecule has 0 aromatic rings. The minimum atomic E-state index is -1.14. The number of hydrogen-bond acceptors (Lipinski definition) is 3. The SMILES string of the molecule is COCCC(C)(C(=O)O)N(C=O)C1CC1. The van der Waals surface area contributed by atoms with E-state index in [1.807, 2.05) is 0 Å². The number of carboxylic acid groups (broad SMARTS) is 1. The second-order valence-corrected chi connectivity index (χ2v) is 4.07. The number of carboxylic acids is 1. The quantitative estimate of drug-likeness (QED) is 0.627. The predicted octanol–water partition coefficient (Wildman–Crippen LogP) is 0.487. The van der Waals surface area contributed by atoms with E-state index >= 15 is 0 Å². The van der Waals surface area contributed by atoms with E-state index in [4.69, 9.17) is 4.74 Å². The first-order valence-corrected chi connectivity index (χ1v) is 5.02. The molecule has 5 heteroatoms. The molecule has 0 bridgehead atoms. The van der Waals surface area contributed by atoms with Gasteiger partial charge in [-0.3, -0.25) is 4.79 Å². The summed E-state index contributed by atoms with van der Waals surface area (Å²) in [4.78, 5) is 23.5. The molecule has 5 nitrogen and oxygen atoms in total. The lowest BCUT2D eigenvalue weighted by molar-refractivity contribution is -0.155. The summed E-state index contributed by atoms with van der Waals surface area (Å²) in [5.74, 6) is -0.974. The van der Waals surface area contributed by atoms with Crippen LogP contribution < -0.4 is 0 Å². The molecule has 0 aromatic heterocycles. The van der Waals surface area contributed by atoms with Gasteiger partial charge in [-0.1, -0.05) is 0 Å². The highest BCUT2D eigenvalue weighted by molar-refractivity contribution is 5.81. The van der Waals surface area contributed by atoms with Gasteiger partial charge in [0, 0.05) is 26.2 Å². The first-order valence-electron chi connectivity index (χ1n) is 5.02. The molecular formula is C10H17NO4. The van der Waals surface area contributed by atoms with Gasteiger partial charge < -0.3 is 14.7 Å². The number of hydrogen-bond donors (Lipinski definition) is 1. The summed E-state index contributed by atoms with van der Waals surface area (Å²) in [5, 5.41) is 9.18. The van der Waals surface area contributed by atoms with Gasteiger partial charge in [-0.2, -0.15) is 0 Å². The average molecular weight is 215 g/mol. The fourth-order valence-electron chi connectivity index (χ4n) is 1.61. The highest BCUT2D eigenvalue weighted by atomic mass is 16.5. The molecular weight excluding hydrogens is 198 g/mol. The smallest absolute Gasteiger partial charge is 0.329 e. The van der Waals surface area contributed by atoms with E-state index in [2.05, 4.69) is 0 Å². The molecule has 0 aromatic carbocycles. The van der Waals surface area contributed by atoms with Crippen molar-refractivity contribution in [3.8, 4) is 0 Å². The van der Waals surface area contributed by atoms with Crippen molar-refractivity contribution in [1.82, 2.24) is 4.90 Å². The summed E-state index contributed by atoms with van der Waals surface area (Å²) in [5.41, 5.74) is -1.14. The van der Waals surface area contributed by atoms with Gasteiger partial charge in [0.1, 0.15) is 5.54 Å². The van der Waals surface area contributed by atoms with Crippen molar-refractivity contribution in [2.75, 3.05) is 13.7 Å². The number of carbonyl (C=O) groups excluding carboxylic acids is 1. The van der Waals surface area contributed by atoms with Crippen LogP contribution in [0, 0.1) is 0 Å². The van der Waals surface area contributed by atoms with Gasteiger partial charge in [0.2, 0.25) is 6.41 Å². The zero-order chi connectivity index (χ0) is 11.5. The van der Waals surface area contributed by atoms with Crippen LogP contribution in [0.25, 0.3) is 0 Å². The van der Waals surface area contributed by atoms with Crippen molar-refractivity contribution in [1.29, 1.82) is 0 Å². The largest absolute Gasteiger partial charge is 0.480 e. The van der Waals surface area contributed by atoms with E-state index < -0.39 is 11.5 Å². The number of aliphatic carboxylic acids is 1. The van der Waals surface area contributed by atoms with E-state index in [1.54, 1.807) is 6.92 Å². The monoisotopic (exact) mass is 215 g/mol. The predicted molar refractivity (Wildman–Crippen MR) is 53.5 cm³/mol. The maximum Gasteiger partial charge on any atom is 0.329 e. The van der Waals surface area contributed by atoms with E-state index in [9.17, 15) is 14.7 Å². The van der Waals surface area contributed by atoms with Gasteiger partial charge in [-0.15, -0.1) is 0 Å². The van der Waals surface area contributed by atoms with Crippen LogP contribution in [0.15, 0.2) is 0 Å². The van der Waals surface area contributed by atoms with Crippen LogP contribution in [0.4, 0.5) is 0 Å². The van der Waals surface area contributed by atoms with E-state index in [1.165, 1.54) is 12.0 Å². The number of amides is 1. The van der Waals surface area contributed by atoms with Gasteiger partial charge >= 0.3 is 5.97 Å². The molecule has 0 radical (unpaired) electrons. The summed E-state index contributed by atoms with van der Waals surface area (Å²) < 4.78 is 4.88. The molecule has 1 fully saturated rings. The lowest BCUT2D eigenvalue weighted by Crippen LogP contribution is -2.53. The zero-order valence-corrected chi connectivity index (χ0v) is 9.10. The van der Waals surface area contributed by atoms with Crippen LogP contribution in [0.1, 0.15) is 26.2 Å². The van der Waals surface area contributed by atoms with Crippen molar-refractivity contribution < 1.29 is 19.4 Å². The number of rotatable bonds is 7. The Bertz CT molecular complexity index is 252. The van der Waals surface area contributed by atoms with Crippen molar-refractivity contribution in [2.24, 2.45) is 0 Å². The topological polar surface area (TPSA) is 66.8 Å². The van der Waals surface area contributed by atoms with Crippen molar-refractivity contribution in [3.05, 3.63) is 0 Å². The van der Waals surface area contributed by atoms with Crippen molar-refractivity contribution in [2.45, 2.75) is 37.8 Å². The zero-order valence-electron chi connectivity index (χ0n) is 9.10. The summed E-state index contributed by atoms with van der Waals surface area (Å²) in [7, 11) is 1.52. The Balaban J connectivity index is 2.76. The van der Waals surface area contributed by atoms with Crippen molar-refractivity contribution >= 4 is 12.4 Å². The highest BCUT2D eigenvalue weighted by Gasteiger charge is 2.45. The second-order valence-electron chi connectivity index (χ2n) is 4.07. The standard InChI is InChI=1S/C10H17NO4/c1-10(9(13)14,5-6-15-2)11(7-12)8-3-4-8/h7-8H,3-6H2,1-2H3,(H,13,14). The maximum atomic E-state index is 11.2. The molecule has 0 spiro atoms. The fraction of sp³-hybridized carbons (Fsp3) is 0.800. The van der Waals surface area contributed by atoms with Crippen LogP contribution in [-0.4, -0.2) is 47.7 Å². The average Bonchev–Trinajstić information content (AvgIpc) is 2.99. The van der Waals surface area contributed by atoms with Crippen LogP contribution >= 0.6 is 0 Å². The molecule has 0 aliphatic heterocycles. The molecule has 1 atom stereocenters. The van der Waals surface area contributed by atoms with Gasteiger partial charge in [0.15, 0.2) is 0 Å². The van der Waals surface area contributed by atoms with E-state index in [-0.39, 0.29) is 6.04 Å². The van der Waals surface area contributed by atoms with Crippen LogP contribution in [-0.2, 0) is 14.3 Å². The van der Waals surface area contributed by atoms with E-state index in [0.717, 1.165) is 12.8 Å². The van der Waals surface area contributed by atoms with Gasteiger partial charge in [0.25, 0.3) is 0 Å². The maximum absolute atomic E-state index is 11.2. The Morgan fingerprint density at radius 3 is 2.60 bits per heavy atom. The van der Waals surface area contributed by atoms with Crippen LogP contribution in [0.2, 0.25) is 0 Å². The third-order valence-corrected chi connectivity index (χ3v) is 2.88. The second kappa shape index (κ2) is 4.61. The first kappa shape index (κ1) is 12.0. The number of methoxy groups -OCH3 is 1. The molecule has 1 aliphatic rings. The Morgan fingerprint density at radius 2 is 2.27 bits per heavy atom. The summed E-state index contributed by atoms with van der Waals surface area (Å²) >= 11 is 0. The van der Waals surface area contributed by atoms with Gasteiger partial charge in [-0.05, 0) is 19.8 Å². The number of nitrogens with zero attached hydrogens (tertiary/aromatic N) is 1. The highest BCUT2D eigenvalue weighted by Crippen LogP contribution is 2.33. The van der Waals surface area contributed by atoms with E-state index in [0.29, 0.717) is 19.4 Å². The Hall–Kier alpha value is -1.10. The van der Waals surface area contributed by atoms with Gasteiger partial charge in [0.05, 0.1) is 0 Å². The summed E-state index contributed by atoms with van der Waals surface area (Å²) in [6.07, 6.45) is 2.75. The lowest BCUT2D eigenvalue weighted by Gasteiger charge is -2.35. The number of carbonyl (C=O) groups is 2. The molecule has 1 saturated carbocycles. The molecule has 1 aliphatic carbocycles. The Labute approximate surface area is 89.0 Å². The normalized spacial score (nSPS) is 19.3. The lowest BCUT2D eigenvalue weighted by atomic mass is 9.96. The number of ether oxygens (including phenoxy) is 1. The molecule has 86 valence electrons. The Kier molecular flexibility index (Phi) is 3.68. The summed E-state index contributed by atoms with van der Waals surface area (Å²) in [6.45, 7) is 1.90. The fourth-order valence-corrected chi connectivity index (χ4v) is 1.61. The van der Waals surface area contributed by atoms with Crippen LogP contribution in [0.3, 0.4) is 0 Å². The molecule has 1 N–H and O–H groups in total. The molecule has 1 unspecified atom stereocenters. The van der Waals surface area contributed by atoms with Crippen LogP contribution in [0.5, 0.6) is 0 Å². The first-order chi connectivity index (χ1) is 7.06. The van der Waals surface area contributed by atoms with Crippen molar-refractivity contribution in [3.63, 3.8) is 0 Å². The molecule has 0 saturated heterocycles. The molecule has 0 heterocycles. The summed E-state index contributed by atoms with van der Waals surface area (Å²) in [6, 6.07) is 0.0976. The van der Waals surface area contributed by atoms with Gasteiger partial charge in [-0.25, -0.2) is 4.79 Å². The molecule has 15 heavy (non-hydrogen) atoms. The minimum Gasteiger partial charge on any atom is -0.480 e. The molecule has 1 rings (SSSR count). The minimum absolute atomic E-state index is 0.0976. The third-order valence-electron chi connectivity index (χ3n) is 2.88.